The van der Waals surface area contributed by atoms with Crippen molar-refractivity contribution in [2.75, 3.05) is 4.90 Å². The number of hydrogen-bond donors (Lipinski definition) is 1. The van der Waals surface area contributed by atoms with Crippen molar-refractivity contribution in [3.63, 3.8) is 0 Å². The van der Waals surface area contributed by atoms with Crippen LogP contribution >= 0.6 is 15.9 Å². The summed E-state index contributed by atoms with van der Waals surface area (Å²) < 4.78 is 0.421. The zero-order chi connectivity index (χ0) is 15.1. The molecule has 1 aliphatic rings. The van der Waals surface area contributed by atoms with Crippen LogP contribution in [0.15, 0.2) is 22.7 Å². The molecule has 0 atom stereocenters. The van der Waals surface area contributed by atoms with E-state index in [1.54, 1.807) is 0 Å². The highest BCUT2D eigenvalue weighted by molar-refractivity contribution is 9.10. The lowest BCUT2D eigenvalue weighted by Crippen LogP contribution is -2.62. The normalized spacial score (nSPS) is 17.7. The minimum atomic E-state index is -1.33. The Balaban J connectivity index is 2.52. The van der Waals surface area contributed by atoms with Crippen LogP contribution in [-0.2, 0) is 9.59 Å². The Labute approximate surface area is 123 Å². The predicted molar refractivity (Wildman–Crippen MR) is 73.7 cm³/mol. The van der Waals surface area contributed by atoms with Gasteiger partial charge in [0, 0.05) is 4.47 Å². The molecular formula is C13H10BrN3O3. The highest BCUT2D eigenvalue weighted by atomic mass is 79.9. The number of carbonyl (C=O) groups excluding carboxylic acids is 3. The number of nitriles is 1. The lowest BCUT2D eigenvalue weighted by atomic mass is 9.88. The highest BCUT2D eigenvalue weighted by Gasteiger charge is 2.48. The van der Waals surface area contributed by atoms with Crippen molar-refractivity contribution in [3.05, 3.63) is 28.2 Å². The van der Waals surface area contributed by atoms with Gasteiger partial charge in [0.2, 0.25) is 11.8 Å². The molecule has 1 heterocycles. The van der Waals surface area contributed by atoms with Gasteiger partial charge < -0.3 is 0 Å². The van der Waals surface area contributed by atoms with Gasteiger partial charge in [0.1, 0.15) is 5.41 Å². The molecule has 0 spiro atoms. The Morgan fingerprint density at radius 2 is 1.95 bits per heavy atom. The number of halogens is 1. The summed E-state index contributed by atoms with van der Waals surface area (Å²) in [5.74, 6) is -1.25. The van der Waals surface area contributed by atoms with Gasteiger partial charge in [0.05, 0.1) is 17.3 Å². The van der Waals surface area contributed by atoms with Gasteiger partial charge in [-0.05, 0) is 48.0 Å². The van der Waals surface area contributed by atoms with Gasteiger partial charge in [0.15, 0.2) is 0 Å². The van der Waals surface area contributed by atoms with Gasteiger partial charge in [-0.2, -0.15) is 5.26 Å². The highest BCUT2D eigenvalue weighted by Crippen LogP contribution is 2.33. The number of nitrogens with one attached hydrogen (secondary N) is 1. The van der Waals surface area contributed by atoms with Crippen LogP contribution in [-0.4, -0.2) is 17.8 Å². The molecule has 2 rings (SSSR count). The molecule has 7 heteroatoms. The Bertz CT molecular complexity index is 676. The van der Waals surface area contributed by atoms with E-state index in [2.05, 4.69) is 21.2 Å². The molecular weight excluding hydrogens is 326 g/mol. The van der Waals surface area contributed by atoms with Crippen LogP contribution in [0.3, 0.4) is 0 Å². The number of anilines is 1. The molecule has 0 saturated carbocycles. The monoisotopic (exact) mass is 335 g/mol. The maximum Gasteiger partial charge on any atom is 0.335 e. The Morgan fingerprint density at radius 3 is 2.50 bits per heavy atom. The van der Waals surface area contributed by atoms with Gasteiger partial charge in [-0.15, -0.1) is 0 Å². The van der Waals surface area contributed by atoms with Crippen molar-refractivity contribution in [1.29, 1.82) is 5.26 Å². The molecule has 20 heavy (non-hydrogen) atoms. The first-order valence-corrected chi connectivity index (χ1v) is 6.48. The molecule has 4 amide bonds. The topological polar surface area (TPSA) is 90.3 Å². The molecule has 1 aromatic rings. The van der Waals surface area contributed by atoms with E-state index in [-0.39, 0.29) is 5.69 Å². The van der Waals surface area contributed by atoms with Gasteiger partial charge in [0.25, 0.3) is 0 Å². The number of carbonyl (C=O) groups is 3. The number of hydrogen-bond acceptors (Lipinski definition) is 4. The molecule has 102 valence electrons. The molecule has 1 aromatic carbocycles. The van der Waals surface area contributed by atoms with E-state index < -0.39 is 23.3 Å². The van der Waals surface area contributed by atoms with E-state index in [4.69, 9.17) is 5.26 Å². The average Bonchev–Trinajstić information content (AvgIpc) is 2.38. The molecule has 0 unspecified atom stereocenters. The van der Waals surface area contributed by atoms with Crippen molar-refractivity contribution in [2.45, 2.75) is 13.8 Å². The number of urea groups is 1. The maximum absolute atomic E-state index is 12.3. The SMILES string of the molecule is CC1(C)C(=O)NC(=O)N(c2ccc(C#N)cc2Br)C1=O. The number of rotatable bonds is 1. The smallest absolute Gasteiger partial charge is 0.276 e. The second-order valence-electron chi connectivity index (χ2n) is 4.80. The third kappa shape index (κ3) is 2.08. The van der Waals surface area contributed by atoms with Crippen molar-refractivity contribution in [2.24, 2.45) is 5.41 Å². The summed E-state index contributed by atoms with van der Waals surface area (Å²) >= 11 is 3.22. The standard InChI is InChI=1S/C13H10BrN3O3/c1-13(2)10(18)16-12(20)17(11(13)19)9-4-3-7(6-15)5-8(9)14/h3-5H,1-2H3,(H,16,18,20). The van der Waals surface area contributed by atoms with E-state index in [1.807, 2.05) is 6.07 Å². The number of imide groups is 2. The molecule has 0 aromatic heterocycles. The Hall–Kier alpha value is -2.20. The summed E-state index contributed by atoms with van der Waals surface area (Å²) in [6.07, 6.45) is 0. The average molecular weight is 336 g/mol. The first-order chi connectivity index (χ1) is 9.28. The van der Waals surface area contributed by atoms with Crippen LogP contribution in [0.5, 0.6) is 0 Å². The van der Waals surface area contributed by atoms with Crippen LogP contribution in [0.1, 0.15) is 19.4 Å². The van der Waals surface area contributed by atoms with E-state index >= 15 is 0 Å². The fourth-order valence-corrected chi connectivity index (χ4v) is 2.31. The zero-order valence-corrected chi connectivity index (χ0v) is 12.3. The van der Waals surface area contributed by atoms with Crippen LogP contribution < -0.4 is 10.2 Å². The van der Waals surface area contributed by atoms with Gasteiger partial charge in [-0.3, -0.25) is 14.9 Å². The fourth-order valence-electron chi connectivity index (χ4n) is 1.75. The quantitative estimate of drug-likeness (QED) is 0.794. The first-order valence-electron chi connectivity index (χ1n) is 5.68. The van der Waals surface area contributed by atoms with Crippen molar-refractivity contribution in [1.82, 2.24) is 5.32 Å². The van der Waals surface area contributed by atoms with E-state index in [0.717, 1.165) is 4.90 Å². The van der Waals surface area contributed by atoms with E-state index in [0.29, 0.717) is 10.0 Å². The molecule has 0 bridgehead atoms. The second kappa shape index (κ2) is 4.72. The second-order valence-corrected chi connectivity index (χ2v) is 5.66. The summed E-state index contributed by atoms with van der Waals surface area (Å²) in [6.45, 7) is 2.89. The number of amides is 4. The summed E-state index contributed by atoms with van der Waals surface area (Å²) in [7, 11) is 0. The van der Waals surface area contributed by atoms with Gasteiger partial charge in [-0.1, -0.05) is 0 Å². The summed E-state index contributed by atoms with van der Waals surface area (Å²) in [5, 5.41) is 11.0. The Morgan fingerprint density at radius 1 is 1.30 bits per heavy atom. The molecule has 1 aliphatic heterocycles. The maximum atomic E-state index is 12.3. The molecule has 1 N–H and O–H groups in total. The number of benzene rings is 1. The third-order valence-electron chi connectivity index (χ3n) is 3.05. The largest absolute Gasteiger partial charge is 0.335 e. The van der Waals surface area contributed by atoms with Crippen LogP contribution in [0.4, 0.5) is 10.5 Å². The van der Waals surface area contributed by atoms with Crippen molar-refractivity contribution >= 4 is 39.5 Å². The van der Waals surface area contributed by atoms with Crippen LogP contribution in [0, 0.1) is 16.7 Å². The summed E-state index contributed by atoms with van der Waals surface area (Å²) in [4.78, 5) is 36.8. The molecule has 0 aliphatic carbocycles. The summed E-state index contributed by atoms with van der Waals surface area (Å²) in [5.41, 5.74) is -0.658. The van der Waals surface area contributed by atoms with Crippen LogP contribution in [0.2, 0.25) is 0 Å². The first kappa shape index (κ1) is 14.2. The minimum absolute atomic E-state index is 0.284. The molecule has 0 radical (unpaired) electrons. The van der Waals surface area contributed by atoms with E-state index in [9.17, 15) is 14.4 Å². The molecule has 1 saturated heterocycles. The summed E-state index contributed by atoms with van der Waals surface area (Å²) in [6, 6.07) is 5.62. The molecule has 1 fully saturated rings. The van der Waals surface area contributed by atoms with Crippen molar-refractivity contribution < 1.29 is 14.4 Å². The van der Waals surface area contributed by atoms with Crippen molar-refractivity contribution in [3.8, 4) is 6.07 Å². The van der Waals surface area contributed by atoms with Gasteiger partial charge in [-0.25, -0.2) is 9.69 Å². The lowest BCUT2D eigenvalue weighted by Gasteiger charge is -2.34. The van der Waals surface area contributed by atoms with E-state index in [1.165, 1.54) is 32.0 Å². The third-order valence-corrected chi connectivity index (χ3v) is 3.68. The minimum Gasteiger partial charge on any atom is -0.276 e. The van der Waals surface area contributed by atoms with Crippen LogP contribution in [0.25, 0.3) is 0 Å². The molecule has 6 nitrogen and oxygen atoms in total. The number of barbiturate groups is 1. The van der Waals surface area contributed by atoms with Gasteiger partial charge >= 0.3 is 6.03 Å². The fraction of sp³-hybridized carbons (Fsp3) is 0.231. The Kier molecular flexibility index (Phi) is 3.36. The lowest BCUT2D eigenvalue weighted by molar-refractivity contribution is -0.140. The predicted octanol–water partition coefficient (Wildman–Crippen LogP) is 1.93. The zero-order valence-electron chi connectivity index (χ0n) is 10.7. The number of nitrogens with zero attached hydrogens (tertiary/aromatic N) is 2.